The van der Waals surface area contributed by atoms with Crippen LogP contribution in [0.5, 0.6) is 0 Å². The van der Waals surface area contributed by atoms with Crippen molar-refractivity contribution < 1.29 is 4.74 Å². The van der Waals surface area contributed by atoms with Crippen molar-refractivity contribution in [1.82, 2.24) is 9.97 Å². The van der Waals surface area contributed by atoms with Crippen LogP contribution in [0.15, 0.2) is 12.4 Å². The number of rotatable bonds is 1. The zero-order valence-corrected chi connectivity index (χ0v) is 10.1. The predicted molar refractivity (Wildman–Crippen MR) is 62.4 cm³/mol. The molecule has 1 aliphatic rings. The van der Waals surface area contributed by atoms with E-state index in [0.717, 1.165) is 29.2 Å². The van der Waals surface area contributed by atoms with Crippen LogP contribution in [-0.2, 0) is 4.74 Å². The van der Waals surface area contributed by atoms with Crippen LogP contribution >= 0.6 is 22.6 Å². The van der Waals surface area contributed by atoms with E-state index in [0.29, 0.717) is 0 Å². The van der Waals surface area contributed by atoms with E-state index in [-0.39, 0.29) is 6.10 Å². The smallest absolute Gasteiger partial charge is 0.225 e. The third-order valence-electron chi connectivity index (χ3n) is 2.13. The molecule has 1 fully saturated rings. The second-order valence-corrected chi connectivity index (χ2v) is 4.57. The van der Waals surface area contributed by atoms with Gasteiger partial charge in [0.1, 0.15) is 0 Å². The highest BCUT2D eigenvalue weighted by Crippen LogP contribution is 2.12. The summed E-state index contributed by atoms with van der Waals surface area (Å²) < 4.78 is 6.52. The Hall–Kier alpha value is -0.430. The highest BCUT2D eigenvalue weighted by Gasteiger charge is 2.18. The second-order valence-electron chi connectivity index (χ2n) is 3.33. The number of nitrogens with zero attached hydrogens (tertiary/aromatic N) is 3. The summed E-state index contributed by atoms with van der Waals surface area (Å²) in [5, 5.41) is 0. The largest absolute Gasteiger partial charge is 0.375 e. The van der Waals surface area contributed by atoms with E-state index in [1.165, 1.54) is 0 Å². The summed E-state index contributed by atoms with van der Waals surface area (Å²) in [7, 11) is 0. The number of anilines is 1. The van der Waals surface area contributed by atoms with Gasteiger partial charge >= 0.3 is 0 Å². The van der Waals surface area contributed by atoms with Crippen molar-refractivity contribution in [2.45, 2.75) is 13.0 Å². The number of morpholine rings is 1. The normalized spacial score (nSPS) is 22.4. The average Bonchev–Trinajstić information content (AvgIpc) is 2.19. The fourth-order valence-corrected chi connectivity index (χ4v) is 1.75. The van der Waals surface area contributed by atoms with Crippen LogP contribution in [0.3, 0.4) is 0 Å². The molecule has 1 saturated heterocycles. The Labute approximate surface area is 96.8 Å². The first-order valence-corrected chi connectivity index (χ1v) is 5.67. The Morgan fingerprint density at radius 2 is 2.21 bits per heavy atom. The third kappa shape index (κ3) is 2.33. The fourth-order valence-electron chi connectivity index (χ4n) is 1.47. The second kappa shape index (κ2) is 4.39. The van der Waals surface area contributed by atoms with Gasteiger partial charge in [0.05, 0.1) is 12.7 Å². The fraction of sp³-hybridized carbons (Fsp3) is 0.556. The molecular formula is C9H12IN3O. The lowest BCUT2D eigenvalue weighted by Crippen LogP contribution is -2.41. The summed E-state index contributed by atoms with van der Waals surface area (Å²) in [5.41, 5.74) is 0. The molecular weight excluding hydrogens is 293 g/mol. The van der Waals surface area contributed by atoms with Gasteiger partial charge in [-0.15, -0.1) is 0 Å². The molecule has 2 heterocycles. The Morgan fingerprint density at radius 1 is 1.50 bits per heavy atom. The van der Waals surface area contributed by atoms with Crippen LogP contribution in [-0.4, -0.2) is 35.8 Å². The standard InChI is InChI=1S/C9H12IN3O/c1-7-6-13(2-3-14-7)9-11-4-8(10)5-12-9/h4-5,7H,2-3,6H2,1H3. The van der Waals surface area contributed by atoms with Crippen LogP contribution in [0, 0.1) is 3.57 Å². The first-order chi connectivity index (χ1) is 6.75. The van der Waals surface area contributed by atoms with Gasteiger partial charge in [-0.3, -0.25) is 0 Å². The van der Waals surface area contributed by atoms with Gasteiger partial charge in [0.15, 0.2) is 0 Å². The van der Waals surface area contributed by atoms with Crippen LogP contribution in [0.1, 0.15) is 6.92 Å². The minimum atomic E-state index is 0.270. The SMILES string of the molecule is CC1CN(c2ncc(I)cn2)CCO1. The Kier molecular flexibility index (Phi) is 3.17. The van der Waals surface area contributed by atoms with Crippen molar-refractivity contribution in [2.24, 2.45) is 0 Å². The molecule has 0 radical (unpaired) electrons. The summed E-state index contributed by atoms with van der Waals surface area (Å²) in [6.45, 7) is 4.58. The first-order valence-electron chi connectivity index (χ1n) is 4.60. The van der Waals surface area contributed by atoms with Gasteiger partial charge in [0.25, 0.3) is 0 Å². The maximum Gasteiger partial charge on any atom is 0.225 e. The molecule has 1 aromatic heterocycles. The van der Waals surface area contributed by atoms with Crippen molar-refractivity contribution in [1.29, 1.82) is 0 Å². The molecule has 1 aliphatic heterocycles. The molecule has 1 atom stereocenters. The summed E-state index contributed by atoms with van der Waals surface area (Å²) in [5.74, 6) is 0.806. The van der Waals surface area contributed by atoms with Crippen molar-refractivity contribution in [3.8, 4) is 0 Å². The highest BCUT2D eigenvalue weighted by atomic mass is 127. The Bertz CT molecular complexity index is 303. The first kappa shape index (κ1) is 10.1. The summed E-state index contributed by atoms with van der Waals surface area (Å²) in [6, 6.07) is 0. The quantitative estimate of drug-likeness (QED) is 0.733. The predicted octanol–water partition coefficient (Wildman–Crippen LogP) is 1.31. The number of ether oxygens (including phenoxy) is 1. The lowest BCUT2D eigenvalue weighted by atomic mass is 10.3. The molecule has 76 valence electrons. The van der Waals surface area contributed by atoms with E-state index in [4.69, 9.17) is 4.74 Å². The number of halogens is 1. The maximum atomic E-state index is 5.45. The van der Waals surface area contributed by atoms with E-state index in [9.17, 15) is 0 Å². The van der Waals surface area contributed by atoms with Crippen LogP contribution < -0.4 is 4.90 Å². The zero-order valence-electron chi connectivity index (χ0n) is 7.98. The van der Waals surface area contributed by atoms with E-state index < -0.39 is 0 Å². The summed E-state index contributed by atoms with van der Waals surface area (Å²) in [4.78, 5) is 10.7. The van der Waals surface area contributed by atoms with Gasteiger partial charge in [-0.1, -0.05) is 0 Å². The average molecular weight is 305 g/mol. The topological polar surface area (TPSA) is 38.2 Å². The van der Waals surface area contributed by atoms with E-state index in [1.54, 1.807) is 0 Å². The van der Waals surface area contributed by atoms with Crippen molar-refractivity contribution >= 4 is 28.5 Å². The molecule has 0 saturated carbocycles. The van der Waals surface area contributed by atoms with Gasteiger partial charge in [0.2, 0.25) is 5.95 Å². The molecule has 1 aromatic rings. The molecule has 0 aliphatic carbocycles. The van der Waals surface area contributed by atoms with Crippen LogP contribution in [0.2, 0.25) is 0 Å². The third-order valence-corrected chi connectivity index (χ3v) is 2.69. The van der Waals surface area contributed by atoms with Crippen LogP contribution in [0.4, 0.5) is 5.95 Å². The lowest BCUT2D eigenvalue weighted by Gasteiger charge is -2.30. The maximum absolute atomic E-state index is 5.45. The molecule has 0 N–H and O–H groups in total. The molecule has 14 heavy (non-hydrogen) atoms. The van der Waals surface area contributed by atoms with E-state index >= 15 is 0 Å². The monoisotopic (exact) mass is 305 g/mol. The minimum absolute atomic E-state index is 0.270. The Balaban J connectivity index is 2.10. The number of aromatic nitrogens is 2. The van der Waals surface area contributed by atoms with Crippen molar-refractivity contribution in [2.75, 3.05) is 24.6 Å². The molecule has 5 heteroatoms. The van der Waals surface area contributed by atoms with Crippen LogP contribution in [0.25, 0.3) is 0 Å². The Morgan fingerprint density at radius 3 is 2.86 bits per heavy atom. The molecule has 4 nitrogen and oxygen atoms in total. The molecule has 2 rings (SSSR count). The van der Waals surface area contributed by atoms with E-state index in [2.05, 4.69) is 44.4 Å². The molecule has 0 spiro atoms. The molecule has 1 unspecified atom stereocenters. The minimum Gasteiger partial charge on any atom is -0.375 e. The van der Waals surface area contributed by atoms with E-state index in [1.807, 2.05) is 12.4 Å². The summed E-state index contributed by atoms with van der Waals surface area (Å²) in [6.07, 6.45) is 3.94. The van der Waals surface area contributed by atoms with Gasteiger partial charge < -0.3 is 9.64 Å². The molecule has 0 amide bonds. The van der Waals surface area contributed by atoms with Gasteiger partial charge in [-0.2, -0.15) is 0 Å². The van der Waals surface area contributed by atoms with Crippen molar-refractivity contribution in [3.05, 3.63) is 16.0 Å². The number of hydrogen-bond donors (Lipinski definition) is 0. The van der Waals surface area contributed by atoms with Gasteiger partial charge in [-0.05, 0) is 29.5 Å². The molecule has 0 aromatic carbocycles. The highest BCUT2D eigenvalue weighted by molar-refractivity contribution is 14.1. The number of hydrogen-bond acceptors (Lipinski definition) is 4. The van der Waals surface area contributed by atoms with Gasteiger partial charge in [-0.25, -0.2) is 9.97 Å². The van der Waals surface area contributed by atoms with Crippen molar-refractivity contribution in [3.63, 3.8) is 0 Å². The zero-order chi connectivity index (χ0) is 9.97. The molecule has 0 bridgehead atoms. The summed E-state index contributed by atoms with van der Waals surface area (Å²) >= 11 is 2.20. The lowest BCUT2D eigenvalue weighted by molar-refractivity contribution is 0.0526. The van der Waals surface area contributed by atoms with Gasteiger partial charge in [0, 0.05) is 29.1 Å².